The average molecular weight is 558 g/mol. The summed E-state index contributed by atoms with van der Waals surface area (Å²) in [6, 6.07) is 3.59. The van der Waals surface area contributed by atoms with Crippen LogP contribution in [0.3, 0.4) is 0 Å². The van der Waals surface area contributed by atoms with E-state index in [0.29, 0.717) is 16.7 Å². The first-order chi connectivity index (χ1) is 17.4. The van der Waals surface area contributed by atoms with Crippen molar-refractivity contribution in [3.63, 3.8) is 0 Å². The minimum absolute atomic E-state index is 0.0408. The number of amides is 6. The third kappa shape index (κ3) is 6.00. The fraction of sp³-hybridized carbons (Fsp3) is 0.400. The van der Waals surface area contributed by atoms with Gasteiger partial charge >= 0.3 is 34.1 Å². The topological polar surface area (TPSA) is 211 Å². The quantitative estimate of drug-likeness (QED) is 0.154. The van der Waals surface area contributed by atoms with Crippen molar-refractivity contribution < 1.29 is 46.8 Å². The van der Waals surface area contributed by atoms with Gasteiger partial charge in [-0.25, -0.2) is 4.79 Å². The lowest BCUT2D eigenvalue weighted by Crippen LogP contribution is -2.71. The molecule has 4 N–H and O–H groups in total. The van der Waals surface area contributed by atoms with Crippen molar-refractivity contribution in [1.29, 1.82) is 0 Å². The zero-order valence-corrected chi connectivity index (χ0v) is 20.9. The highest BCUT2D eigenvalue weighted by atomic mass is 32.2. The molecule has 0 saturated carbocycles. The molecule has 2 fully saturated rings. The summed E-state index contributed by atoms with van der Waals surface area (Å²) in [4.78, 5) is 75.9. The standard InChI is InChI=1S/C20H23N5O10S2/c1-2-23-8-9-24(18(31)17(23)30)20(32)22-13(11-6-4-3-5-7-11)15(28)21-14-16(29)25(37(33,34)35)19(14)36-10-12(26)27/h3-7,13-14,19H,2,8-10H2,1H3,(H,21,28)(H,22,32)(H,26,27)(H,33,34,35)/t13-,14-,19+/m1/s1. The van der Waals surface area contributed by atoms with Crippen LogP contribution in [0.2, 0.25) is 0 Å². The van der Waals surface area contributed by atoms with Gasteiger partial charge in [0, 0.05) is 19.6 Å². The number of carboxylic acid groups (broad SMARTS) is 1. The molecule has 0 aromatic heterocycles. The lowest BCUT2D eigenvalue weighted by Gasteiger charge is -2.43. The van der Waals surface area contributed by atoms with E-state index in [4.69, 9.17) is 5.11 Å². The molecule has 0 bridgehead atoms. The van der Waals surface area contributed by atoms with Crippen molar-refractivity contribution in [3.8, 4) is 0 Å². The number of nitrogens with zero attached hydrogens (tertiary/aromatic N) is 3. The molecule has 3 rings (SSSR count). The summed E-state index contributed by atoms with van der Waals surface area (Å²) in [7, 11) is -5.04. The monoisotopic (exact) mass is 557 g/mol. The van der Waals surface area contributed by atoms with Gasteiger partial charge in [-0.2, -0.15) is 12.7 Å². The number of likely N-dealkylation sites (N-methyl/N-ethyl adjacent to an activating group) is 1. The van der Waals surface area contributed by atoms with Gasteiger partial charge in [0.05, 0.1) is 5.75 Å². The number of hydrogen-bond acceptors (Lipinski definition) is 9. The average Bonchev–Trinajstić information content (AvgIpc) is 2.84. The number of aliphatic carboxylic acids is 1. The van der Waals surface area contributed by atoms with Gasteiger partial charge in [-0.1, -0.05) is 30.3 Å². The van der Waals surface area contributed by atoms with E-state index in [1.165, 1.54) is 17.0 Å². The van der Waals surface area contributed by atoms with Crippen LogP contribution < -0.4 is 10.6 Å². The number of benzene rings is 1. The molecule has 2 saturated heterocycles. The largest absolute Gasteiger partial charge is 0.481 e. The first kappa shape index (κ1) is 27.9. The third-order valence-electron chi connectivity index (χ3n) is 5.52. The second-order valence-corrected chi connectivity index (χ2v) is 10.2. The Morgan fingerprint density at radius 1 is 1.11 bits per heavy atom. The molecule has 37 heavy (non-hydrogen) atoms. The van der Waals surface area contributed by atoms with Crippen LogP contribution in [0.4, 0.5) is 4.79 Å². The second kappa shape index (κ2) is 11.1. The van der Waals surface area contributed by atoms with Crippen LogP contribution in [0.5, 0.6) is 0 Å². The molecule has 2 aliphatic heterocycles. The zero-order valence-electron chi connectivity index (χ0n) is 19.3. The number of carbonyl (C=O) groups excluding carboxylic acids is 5. The highest BCUT2D eigenvalue weighted by molar-refractivity contribution is 8.01. The number of nitrogens with one attached hydrogen (secondary N) is 2. The van der Waals surface area contributed by atoms with E-state index in [9.17, 15) is 41.7 Å². The van der Waals surface area contributed by atoms with Crippen molar-refractivity contribution in [2.45, 2.75) is 24.4 Å². The Morgan fingerprint density at radius 3 is 2.32 bits per heavy atom. The molecule has 2 aliphatic rings. The number of hydrogen-bond donors (Lipinski definition) is 4. The molecule has 0 radical (unpaired) electrons. The Morgan fingerprint density at radius 2 is 1.76 bits per heavy atom. The van der Waals surface area contributed by atoms with Crippen molar-refractivity contribution in [1.82, 2.24) is 24.7 Å². The number of carboxylic acids is 1. The Labute approximate surface area is 215 Å². The number of rotatable bonds is 9. The molecule has 0 unspecified atom stereocenters. The smallest absolute Gasteiger partial charge is 0.363 e. The highest BCUT2D eigenvalue weighted by Gasteiger charge is 2.55. The Kier molecular flexibility index (Phi) is 8.39. The summed E-state index contributed by atoms with van der Waals surface area (Å²) in [6.07, 6.45) is 0. The van der Waals surface area contributed by atoms with Crippen LogP contribution in [0, 0.1) is 0 Å². The summed E-state index contributed by atoms with van der Waals surface area (Å²) in [5.74, 6) is -6.14. The maximum Gasteiger partial charge on any atom is 0.363 e. The number of thioether (sulfide) groups is 1. The molecule has 0 aliphatic carbocycles. The lowest BCUT2D eigenvalue weighted by atomic mass is 10.0. The van der Waals surface area contributed by atoms with Gasteiger partial charge in [0.2, 0.25) is 5.91 Å². The SMILES string of the molecule is CCN1CCN(C(=O)N[C@@H](C(=O)N[C@@H]2C(=O)N(S(=O)(=O)O)[C@H]2SCC(=O)O)c2ccccc2)C(=O)C1=O. The van der Waals surface area contributed by atoms with Crippen LogP contribution in [-0.4, -0.2) is 105 Å². The van der Waals surface area contributed by atoms with Crippen LogP contribution >= 0.6 is 11.8 Å². The summed E-state index contributed by atoms with van der Waals surface area (Å²) in [6.45, 7) is 1.92. The van der Waals surface area contributed by atoms with Gasteiger partial charge in [-0.05, 0) is 12.5 Å². The number of β-lactam (4-membered cyclic amide) rings is 1. The molecular formula is C20H23N5O10S2. The molecule has 1 aromatic carbocycles. The number of imide groups is 1. The minimum Gasteiger partial charge on any atom is -0.481 e. The van der Waals surface area contributed by atoms with E-state index >= 15 is 0 Å². The molecule has 0 spiro atoms. The summed E-state index contributed by atoms with van der Waals surface area (Å²) in [5.41, 5.74) is 0.229. The van der Waals surface area contributed by atoms with Crippen molar-refractivity contribution in [2.24, 2.45) is 0 Å². The second-order valence-electron chi connectivity index (χ2n) is 7.83. The lowest BCUT2D eigenvalue weighted by molar-refractivity contribution is -0.153. The molecule has 3 atom stereocenters. The molecule has 6 amide bonds. The van der Waals surface area contributed by atoms with Crippen LogP contribution in [0.15, 0.2) is 30.3 Å². The molecule has 15 nitrogen and oxygen atoms in total. The van der Waals surface area contributed by atoms with Crippen molar-refractivity contribution in [3.05, 3.63) is 35.9 Å². The van der Waals surface area contributed by atoms with E-state index in [2.05, 4.69) is 10.6 Å². The normalized spacial score (nSPS) is 20.8. The number of carbonyl (C=O) groups is 6. The van der Waals surface area contributed by atoms with Crippen LogP contribution in [0.25, 0.3) is 0 Å². The maximum absolute atomic E-state index is 13.2. The van der Waals surface area contributed by atoms with Gasteiger partial charge in [0.1, 0.15) is 17.5 Å². The highest BCUT2D eigenvalue weighted by Crippen LogP contribution is 2.32. The number of urea groups is 1. The van der Waals surface area contributed by atoms with E-state index in [0.717, 1.165) is 0 Å². The first-order valence-corrected chi connectivity index (χ1v) is 13.2. The van der Waals surface area contributed by atoms with Crippen LogP contribution in [0.1, 0.15) is 18.5 Å². The van der Waals surface area contributed by atoms with Gasteiger partial charge in [-0.15, -0.1) is 11.8 Å². The Balaban J connectivity index is 1.81. The summed E-state index contributed by atoms with van der Waals surface area (Å²) in [5, 5.41) is 12.1. The Hall–Kier alpha value is -3.70. The molecule has 2 heterocycles. The van der Waals surface area contributed by atoms with Gasteiger partial charge in [0.25, 0.3) is 5.91 Å². The van der Waals surface area contributed by atoms with E-state index in [1.54, 1.807) is 25.1 Å². The zero-order chi connectivity index (χ0) is 27.5. The predicted octanol–water partition coefficient (Wildman–Crippen LogP) is -1.60. The van der Waals surface area contributed by atoms with E-state index in [1.807, 2.05) is 0 Å². The molecule has 17 heteroatoms. The fourth-order valence-electron chi connectivity index (χ4n) is 3.69. The summed E-state index contributed by atoms with van der Waals surface area (Å²) >= 11 is 0.476. The van der Waals surface area contributed by atoms with E-state index < -0.39 is 69.1 Å². The molecule has 200 valence electrons. The van der Waals surface area contributed by atoms with E-state index in [-0.39, 0.29) is 29.5 Å². The van der Waals surface area contributed by atoms with Crippen molar-refractivity contribution >= 4 is 57.7 Å². The third-order valence-corrected chi connectivity index (χ3v) is 7.80. The van der Waals surface area contributed by atoms with Crippen molar-refractivity contribution in [2.75, 3.05) is 25.4 Å². The maximum atomic E-state index is 13.2. The van der Waals surface area contributed by atoms with Gasteiger partial charge in [-0.3, -0.25) is 33.4 Å². The van der Waals surface area contributed by atoms with Gasteiger partial charge in [0.15, 0.2) is 0 Å². The molecule has 1 aromatic rings. The van der Waals surface area contributed by atoms with Crippen LogP contribution in [-0.2, 0) is 34.3 Å². The van der Waals surface area contributed by atoms with Gasteiger partial charge < -0.3 is 20.6 Å². The minimum atomic E-state index is -5.04. The molecular weight excluding hydrogens is 534 g/mol. The Bertz CT molecular complexity index is 1230. The summed E-state index contributed by atoms with van der Waals surface area (Å²) < 4.78 is 32.4. The number of piperazine rings is 1. The fourth-order valence-corrected chi connectivity index (χ4v) is 5.85. The first-order valence-electron chi connectivity index (χ1n) is 10.8. The predicted molar refractivity (Wildman–Crippen MR) is 126 cm³/mol.